The van der Waals surface area contributed by atoms with E-state index in [1.807, 2.05) is 13.8 Å². The summed E-state index contributed by atoms with van der Waals surface area (Å²) in [6, 6.07) is 9.49. The fourth-order valence-corrected chi connectivity index (χ4v) is 2.67. The number of carbonyl (C=O) groups excluding carboxylic acids is 3. The second-order valence-corrected chi connectivity index (χ2v) is 6.85. The zero-order valence-corrected chi connectivity index (χ0v) is 16.3. The number of halogens is 1. The van der Waals surface area contributed by atoms with E-state index in [0.717, 1.165) is 0 Å². The number of amides is 3. The second kappa shape index (κ2) is 9.12. The summed E-state index contributed by atoms with van der Waals surface area (Å²) in [6.45, 7) is 6.82. The number of hydrogen-bond donors (Lipinski definition) is 3. The molecule has 6 nitrogen and oxygen atoms in total. The van der Waals surface area contributed by atoms with Gasteiger partial charge < -0.3 is 16.0 Å². The van der Waals surface area contributed by atoms with Crippen LogP contribution in [0.4, 0.5) is 15.8 Å². The van der Waals surface area contributed by atoms with Crippen molar-refractivity contribution in [3.8, 4) is 0 Å². The van der Waals surface area contributed by atoms with Gasteiger partial charge in [-0.05, 0) is 54.8 Å². The summed E-state index contributed by atoms with van der Waals surface area (Å²) in [4.78, 5) is 36.5. The van der Waals surface area contributed by atoms with Gasteiger partial charge in [-0.15, -0.1) is 0 Å². The Morgan fingerprint density at radius 2 is 1.50 bits per heavy atom. The van der Waals surface area contributed by atoms with E-state index in [-0.39, 0.29) is 23.3 Å². The van der Waals surface area contributed by atoms with Gasteiger partial charge in [0.2, 0.25) is 11.8 Å². The molecule has 2 aromatic rings. The van der Waals surface area contributed by atoms with Gasteiger partial charge in [-0.1, -0.05) is 19.9 Å². The van der Waals surface area contributed by atoms with Crippen molar-refractivity contribution < 1.29 is 18.8 Å². The molecule has 0 aromatic heterocycles. The maximum atomic E-state index is 13.0. The Kier molecular flexibility index (Phi) is 6.87. The van der Waals surface area contributed by atoms with Crippen LogP contribution in [0.15, 0.2) is 42.5 Å². The Bertz CT molecular complexity index is 879. The Hall–Kier alpha value is -3.22. The van der Waals surface area contributed by atoms with Crippen LogP contribution in [0.25, 0.3) is 0 Å². The molecule has 2 aromatic carbocycles. The van der Waals surface area contributed by atoms with E-state index >= 15 is 0 Å². The number of hydrogen-bond acceptors (Lipinski definition) is 3. The highest BCUT2D eigenvalue weighted by Crippen LogP contribution is 2.24. The van der Waals surface area contributed by atoms with Crippen LogP contribution in [0, 0.1) is 18.7 Å². The lowest BCUT2D eigenvalue weighted by molar-refractivity contribution is -0.119. The molecule has 0 aliphatic carbocycles. The van der Waals surface area contributed by atoms with Crippen molar-refractivity contribution in [1.29, 1.82) is 0 Å². The van der Waals surface area contributed by atoms with Crippen molar-refractivity contribution >= 4 is 29.1 Å². The third-order valence-electron chi connectivity index (χ3n) is 4.24. The third kappa shape index (κ3) is 5.39. The zero-order valence-electron chi connectivity index (χ0n) is 16.3. The van der Waals surface area contributed by atoms with Gasteiger partial charge in [0.1, 0.15) is 11.9 Å². The van der Waals surface area contributed by atoms with Crippen LogP contribution in [-0.2, 0) is 9.59 Å². The summed E-state index contributed by atoms with van der Waals surface area (Å²) >= 11 is 0. The van der Waals surface area contributed by atoms with Crippen LogP contribution in [0.2, 0.25) is 0 Å². The Morgan fingerprint density at radius 3 is 2.04 bits per heavy atom. The minimum atomic E-state index is -0.790. The van der Waals surface area contributed by atoms with E-state index in [1.165, 1.54) is 31.2 Å². The highest BCUT2D eigenvalue weighted by atomic mass is 19.1. The Morgan fingerprint density at radius 1 is 0.929 bits per heavy atom. The highest BCUT2D eigenvalue weighted by molar-refractivity contribution is 6.02. The maximum Gasteiger partial charge on any atom is 0.251 e. The standard InChI is InChI=1S/C21H24FN3O3/c1-12(2)19(25-20(27)15-8-10-16(22)11-9-15)21(28)24-18-7-5-6-17(13(18)3)23-14(4)26/h5-12,19H,1-4H3,(H,23,26)(H,24,28)(H,25,27). The molecule has 0 saturated carbocycles. The van der Waals surface area contributed by atoms with Gasteiger partial charge >= 0.3 is 0 Å². The summed E-state index contributed by atoms with van der Waals surface area (Å²) in [5.41, 5.74) is 2.11. The van der Waals surface area contributed by atoms with Gasteiger partial charge in [0, 0.05) is 23.9 Å². The predicted molar refractivity (Wildman–Crippen MR) is 107 cm³/mol. The van der Waals surface area contributed by atoms with Gasteiger partial charge in [-0.2, -0.15) is 0 Å². The molecule has 0 spiro atoms. The molecule has 3 amide bonds. The van der Waals surface area contributed by atoms with E-state index in [9.17, 15) is 18.8 Å². The van der Waals surface area contributed by atoms with E-state index in [1.54, 1.807) is 25.1 Å². The monoisotopic (exact) mass is 385 g/mol. The first-order valence-corrected chi connectivity index (χ1v) is 8.93. The molecule has 0 saturated heterocycles. The molecule has 1 unspecified atom stereocenters. The quantitative estimate of drug-likeness (QED) is 0.711. The summed E-state index contributed by atoms with van der Waals surface area (Å²) in [6.07, 6.45) is 0. The van der Waals surface area contributed by atoms with Gasteiger partial charge in [-0.3, -0.25) is 14.4 Å². The first-order valence-electron chi connectivity index (χ1n) is 8.93. The number of rotatable bonds is 6. The van der Waals surface area contributed by atoms with E-state index in [2.05, 4.69) is 16.0 Å². The molecular formula is C21H24FN3O3. The molecule has 0 aliphatic rings. The molecule has 28 heavy (non-hydrogen) atoms. The first-order chi connectivity index (χ1) is 13.2. The molecular weight excluding hydrogens is 361 g/mol. The Balaban J connectivity index is 2.16. The summed E-state index contributed by atoms with van der Waals surface area (Å²) in [5, 5.41) is 8.21. The summed E-state index contributed by atoms with van der Waals surface area (Å²) < 4.78 is 13.0. The zero-order chi connectivity index (χ0) is 20.8. The van der Waals surface area contributed by atoms with Gasteiger partial charge in [-0.25, -0.2) is 4.39 Å². The molecule has 0 bridgehead atoms. The molecule has 0 aliphatic heterocycles. The smallest absolute Gasteiger partial charge is 0.251 e. The van der Waals surface area contributed by atoms with Crippen LogP contribution in [-0.4, -0.2) is 23.8 Å². The lowest BCUT2D eigenvalue weighted by atomic mass is 10.0. The van der Waals surface area contributed by atoms with Crippen molar-refractivity contribution in [2.75, 3.05) is 10.6 Å². The molecule has 1 atom stereocenters. The second-order valence-electron chi connectivity index (χ2n) is 6.85. The molecule has 0 heterocycles. The average Bonchev–Trinajstić information content (AvgIpc) is 2.62. The largest absolute Gasteiger partial charge is 0.340 e. The molecule has 148 valence electrons. The number of benzene rings is 2. The third-order valence-corrected chi connectivity index (χ3v) is 4.24. The number of nitrogens with one attached hydrogen (secondary N) is 3. The molecule has 2 rings (SSSR count). The van der Waals surface area contributed by atoms with Crippen molar-refractivity contribution in [2.45, 2.75) is 33.7 Å². The fourth-order valence-electron chi connectivity index (χ4n) is 2.67. The van der Waals surface area contributed by atoms with Gasteiger partial charge in [0.05, 0.1) is 0 Å². The number of anilines is 2. The lowest BCUT2D eigenvalue weighted by Gasteiger charge is -2.22. The normalized spacial score (nSPS) is 11.6. The molecule has 7 heteroatoms. The van der Waals surface area contributed by atoms with Crippen molar-refractivity contribution in [3.63, 3.8) is 0 Å². The van der Waals surface area contributed by atoms with Crippen LogP contribution in [0.5, 0.6) is 0 Å². The minimum absolute atomic E-state index is 0.178. The average molecular weight is 385 g/mol. The molecule has 0 fully saturated rings. The molecule has 0 radical (unpaired) electrons. The topological polar surface area (TPSA) is 87.3 Å². The van der Waals surface area contributed by atoms with Crippen molar-refractivity contribution in [2.24, 2.45) is 5.92 Å². The molecule has 3 N–H and O–H groups in total. The highest BCUT2D eigenvalue weighted by Gasteiger charge is 2.25. The summed E-state index contributed by atoms with van der Waals surface area (Å²) in [5.74, 6) is -1.67. The predicted octanol–water partition coefficient (Wildman–Crippen LogP) is 3.49. The van der Waals surface area contributed by atoms with Crippen LogP contribution < -0.4 is 16.0 Å². The Labute approximate surface area is 163 Å². The van der Waals surface area contributed by atoms with E-state index in [0.29, 0.717) is 16.9 Å². The van der Waals surface area contributed by atoms with Gasteiger partial charge in [0.15, 0.2) is 0 Å². The SMILES string of the molecule is CC(=O)Nc1cccc(NC(=O)C(NC(=O)c2ccc(F)cc2)C(C)C)c1C. The minimum Gasteiger partial charge on any atom is -0.340 e. The van der Waals surface area contributed by atoms with E-state index in [4.69, 9.17) is 0 Å². The first kappa shape index (κ1) is 21.1. The summed E-state index contributed by atoms with van der Waals surface area (Å²) in [7, 11) is 0. The van der Waals surface area contributed by atoms with Gasteiger partial charge in [0.25, 0.3) is 5.91 Å². The van der Waals surface area contributed by atoms with Crippen LogP contribution >= 0.6 is 0 Å². The van der Waals surface area contributed by atoms with Crippen molar-refractivity contribution in [3.05, 3.63) is 59.4 Å². The number of carbonyl (C=O) groups is 3. The van der Waals surface area contributed by atoms with E-state index < -0.39 is 17.8 Å². The maximum absolute atomic E-state index is 13.0. The van der Waals surface area contributed by atoms with Crippen LogP contribution in [0.3, 0.4) is 0 Å². The van der Waals surface area contributed by atoms with Crippen molar-refractivity contribution in [1.82, 2.24) is 5.32 Å². The fraction of sp³-hybridized carbons (Fsp3) is 0.286. The lowest BCUT2D eigenvalue weighted by Crippen LogP contribution is -2.47. The van der Waals surface area contributed by atoms with Crippen LogP contribution in [0.1, 0.15) is 36.7 Å².